The third-order valence-electron chi connectivity index (χ3n) is 4.17. The van der Waals surface area contributed by atoms with Gasteiger partial charge in [-0.15, -0.1) is 0 Å². The molecular formula is C17H21NO5S. The van der Waals surface area contributed by atoms with Crippen LogP contribution in [0.15, 0.2) is 12.1 Å². The zero-order valence-corrected chi connectivity index (χ0v) is 14.7. The van der Waals surface area contributed by atoms with Crippen LogP contribution in [0.5, 0.6) is 5.75 Å². The second-order valence-electron chi connectivity index (χ2n) is 6.14. The minimum atomic E-state index is -1.07. The molecule has 1 aromatic carbocycles. The zero-order chi connectivity index (χ0) is 18.0. The molecule has 1 aromatic rings. The van der Waals surface area contributed by atoms with E-state index in [0.717, 1.165) is 22.9 Å². The number of rotatable bonds is 4. The molecule has 1 aliphatic heterocycles. The maximum atomic E-state index is 12.7. The highest BCUT2D eigenvalue weighted by atomic mass is 32.2. The van der Waals surface area contributed by atoms with Gasteiger partial charge in [-0.3, -0.25) is 9.59 Å². The second-order valence-corrected chi connectivity index (χ2v) is 7.33. The molecule has 7 heteroatoms. The number of hydrogen-bond donors (Lipinski definition) is 2. The van der Waals surface area contributed by atoms with Crippen LogP contribution in [-0.4, -0.2) is 43.9 Å². The van der Waals surface area contributed by atoms with E-state index >= 15 is 0 Å². The molecule has 0 spiro atoms. The lowest BCUT2D eigenvalue weighted by Crippen LogP contribution is -2.50. The highest BCUT2D eigenvalue weighted by Crippen LogP contribution is 2.30. The van der Waals surface area contributed by atoms with Crippen LogP contribution in [-0.2, 0) is 27.3 Å². The van der Waals surface area contributed by atoms with E-state index in [1.807, 2.05) is 0 Å². The number of fused-ring (bicyclic) bond motifs is 1. The third kappa shape index (κ3) is 3.90. The van der Waals surface area contributed by atoms with Gasteiger partial charge in [-0.25, -0.2) is 4.79 Å². The zero-order valence-electron chi connectivity index (χ0n) is 13.9. The lowest BCUT2D eigenvalue weighted by atomic mass is 9.91. The Morgan fingerprint density at radius 1 is 1.33 bits per heavy atom. The number of aryl methyl sites for hydroxylation is 1. The number of phenolic OH excluding ortho intramolecular Hbond substituents is 1. The summed E-state index contributed by atoms with van der Waals surface area (Å²) < 4.78 is 0. The number of benzene rings is 1. The normalized spacial score (nSPS) is 18.0. The molecule has 0 bridgehead atoms. The summed E-state index contributed by atoms with van der Waals surface area (Å²) in [5.74, 6) is -1.32. The summed E-state index contributed by atoms with van der Waals surface area (Å²) >= 11 is 1.06. The molecule has 1 amide bonds. The van der Waals surface area contributed by atoms with E-state index in [0.29, 0.717) is 11.3 Å². The molecular weight excluding hydrogens is 330 g/mol. The molecule has 2 atom stereocenters. The van der Waals surface area contributed by atoms with Gasteiger partial charge in [0.05, 0.1) is 0 Å². The number of aromatic hydroxyl groups is 1. The summed E-state index contributed by atoms with van der Waals surface area (Å²) in [7, 11) is 0. The van der Waals surface area contributed by atoms with Gasteiger partial charge in [0.2, 0.25) is 5.91 Å². The van der Waals surface area contributed by atoms with Crippen molar-refractivity contribution >= 4 is 28.8 Å². The molecule has 2 unspecified atom stereocenters. The molecule has 0 radical (unpaired) electrons. The summed E-state index contributed by atoms with van der Waals surface area (Å²) in [5, 5.41) is 19.2. The van der Waals surface area contributed by atoms with Crippen molar-refractivity contribution in [3.05, 3.63) is 28.8 Å². The Morgan fingerprint density at radius 2 is 2.00 bits per heavy atom. The highest BCUT2D eigenvalue weighted by molar-refractivity contribution is 8.13. The summed E-state index contributed by atoms with van der Waals surface area (Å²) in [5.41, 5.74) is 2.29. The number of carbonyl (C=O) groups excluding carboxylic acids is 2. The standard InChI is InChI=1S/C17H21NO5S/c1-9-4-13-7-18(16(21)10(2)8-24-11(3)19)14(17(22)23)5-12(13)6-15(9)20/h4,6,10,14,20H,5,7-8H2,1-3H3,(H,22,23). The average molecular weight is 351 g/mol. The van der Waals surface area contributed by atoms with Crippen LogP contribution in [0, 0.1) is 12.8 Å². The third-order valence-corrected chi connectivity index (χ3v) is 5.25. The van der Waals surface area contributed by atoms with Gasteiger partial charge in [-0.1, -0.05) is 24.8 Å². The Balaban J connectivity index is 2.26. The summed E-state index contributed by atoms with van der Waals surface area (Å²) in [6.45, 7) is 5.10. The van der Waals surface area contributed by atoms with Crippen LogP contribution >= 0.6 is 11.8 Å². The number of thioether (sulfide) groups is 1. The van der Waals surface area contributed by atoms with Crippen LogP contribution in [0.25, 0.3) is 0 Å². The molecule has 0 saturated carbocycles. The smallest absolute Gasteiger partial charge is 0.326 e. The first-order valence-electron chi connectivity index (χ1n) is 7.68. The van der Waals surface area contributed by atoms with Crippen molar-refractivity contribution in [2.45, 2.75) is 39.8 Å². The molecule has 1 heterocycles. The van der Waals surface area contributed by atoms with Crippen molar-refractivity contribution in [3.63, 3.8) is 0 Å². The fourth-order valence-corrected chi connectivity index (χ4v) is 3.43. The fraction of sp³-hybridized carbons (Fsp3) is 0.471. The number of carbonyl (C=O) groups is 3. The van der Waals surface area contributed by atoms with Crippen molar-refractivity contribution in [3.8, 4) is 5.75 Å². The molecule has 0 saturated heterocycles. The number of carboxylic acid groups (broad SMARTS) is 1. The molecule has 6 nitrogen and oxygen atoms in total. The summed E-state index contributed by atoms with van der Waals surface area (Å²) in [6, 6.07) is 2.41. The first kappa shape index (κ1) is 18.3. The van der Waals surface area contributed by atoms with Crippen molar-refractivity contribution < 1.29 is 24.6 Å². The van der Waals surface area contributed by atoms with E-state index in [1.165, 1.54) is 11.8 Å². The first-order chi connectivity index (χ1) is 11.2. The van der Waals surface area contributed by atoms with Gasteiger partial charge >= 0.3 is 5.97 Å². The van der Waals surface area contributed by atoms with Crippen LogP contribution < -0.4 is 0 Å². The minimum absolute atomic E-state index is 0.0699. The molecule has 0 aromatic heterocycles. The van der Waals surface area contributed by atoms with E-state index in [1.54, 1.807) is 26.0 Å². The average Bonchev–Trinajstić information content (AvgIpc) is 2.51. The van der Waals surface area contributed by atoms with Crippen LogP contribution in [0.2, 0.25) is 0 Å². The second kappa shape index (κ2) is 7.25. The van der Waals surface area contributed by atoms with E-state index in [4.69, 9.17) is 0 Å². The first-order valence-corrected chi connectivity index (χ1v) is 8.67. The Bertz CT molecular complexity index is 688. The van der Waals surface area contributed by atoms with Gasteiger partial charge in [0.15, 0.2) is 5.12 Å². The number of amides is 1. The number of aliphatic carboxylic acids is 1. The van der Waals surface area contributed by atoms with Crippen molar-refractivity contribution in [1.29, 1.82) is 0 Å². The Labute approximate surface area is 144 Å². The van der Waals surface area contributed by atoms with Gasteiger partial charge < -0.3 is 15.1 Å². The van der Waals surface area contributed by atoms with Crippen molar-refractivity contribution in [2.24, 2.45) is 5.92 Å². The molecule has 0 fully saturated rings. The number of carboxylic acids is 1. The van der Waals surface area contributed by atoms with Gasteiger partial charge in [-0.2, -0.15) is 0 Å². The van der Waals surface area contributed by atoms with E-state index < -0.39 is 17.9 Å². The summed E-state index contributed by atoms with van der Waals surface area (Å²) in [6.07, 6.45) is 0.164. The molecule has 1 aliphatic rings. The van der Waals surface area contributed by atoms with Gasteiger partial charge in [0.25, 0.3) is 0 Å². The van der Waals surface area contributed by atoms with E-state index in [-0.39, 0.29) is 29.7 Å². The van der Waals surface area contributed by atoms with Crippen molar-refractivity contribution in [1.82, 2.24) is 4.90 Å². The Kier molecular flexibility index (Phi) is 5.54. The number of phenols is 1. The number of nitrogens with zero attached hydrogens (tertiary/aromatic N) is 1. The van der Waals surface area contributed by atoms with Crippen LogP contribution in [0.1, 0.15) is 30.5 Å². The lowest BCUT2D eigenvalue weighted by molar-refractivity contribution is -0.152. The molecule has 2 N–H and O–H groups in total. The number of hydrogen-bond acceptors (Lipinski definition) is 5. The SMILES string of the molecule is CC(=O)SCC(C)C(=O)N1Cc2cc(C)c(O)cc2CC1C(=O)O. The quantitative estimate of drug-likeness (QED) is 0.861. The highest BCUT2D eigenvalue weighted by Gasteiger charge is 2.36. The van der Waals surface area contributed by atoms with Crippen LogP contribution in [0.4, 0.5) is 0 Å². The lowest BCUT2D eigenvalue weighted by Gasteiger charge is -2.36. The van der Waals surface area contributed by atoms with Crippen molar-refractivity contribution in [2.75, 3.05) is 5.75 Å². The van der Waals surface area contributed by atoms with Gasteiger partial charge in [0.1, 0.15) is 11.8 Å². The molecule has 2 rings (SSSR count). The Morgan fingerprint density at radius 3 is 2.58 bits per heavy atom. The topological polar surface area (TPSA) is 94.9 Å². The van der Waals surface area contributed by atoms with Gasteiger partial charge in [0, 0.05) is 31.6 Å². The maximum absolute atomic E-state index is 12.7. The van der Waals surface area contributed by atoms with Crippen LogP contribution in [0.3, 0.4) is 0 Å². The minimum Gasteiger partial charge on any atom is -0.508 e. The maximum Gasteiger partial charge on any atom is 0.326 e. The molecule has 130 valence electrons. The predicted molar refractivity (Wildman–Crippen MR) is 90.8 cm³/mol. The largest absolute Gasteiger partial charge is 0.508 e. The fourth-order valence-electron chi connectivity index (χ4n) is 2.80. The molecule has 24 heavy (non-hydrogen) atoms. The van der Waals surface area contributed by atoms with Gasteiger partial charge in [-0.05, 0) is 29.7 Å². The molecule has 0 aliphatic carbocycles. The predicted octanol–water partition coefficient (Wildman–Crippen LogP) is 1.95. The Hall–Kier alpha value is -2.02. The monoisotopic (exact) mass is 351 g/mol. The summed E-state index contributed by atoms with van der Waals surface area (Å²) in [4.78, 5) is 36.7. The van der Waals surface area contributed by atoms with E-state index in [9.17, 15) is 24.6 Å². The van der Waals surface area contributed by atoms with E-state index in [2.05, 4.69) is 0 Å².